The Bertz CT molecular complexity index is 655. The third-order valence-electron chi connectivity index (χ3n) is 3.87. The van der Waals surface area contributed by atoms with Gasteiger partial charge in [-0.05, 0) is 44.5 Å². The average molecular weight is 330 g/mol. The Morgan fingerprint density at radius 1 is 1.38 bits per heavy atom. The van der Waals surface area contributed by atoms with Gasteiger partial charge in [0, 0.05) is 25.2 Å². The van der Waals surface area contributed by atoms with Crippen molar-refractivity contribution < 1.29 is 8.42 Å². The van der Waals surface area contributed by atoms with Gasteiger partial charge < -0.3 is 5.32 Å². The first-order valence-electron chi connectivity index (χ1n) is 6.64. The Morgan fingerprint density at radius 2 is 2.05 bits per heavy atom. The zero-order valence-corrected chi connectivity index (χ0v) is 14.0. The quantitative estimate of drug-likeness (QED) is 0.895. The van der Waals surface area contributed by atoms with Crippen LogP contribution in [0.2, 0.25) is 0 Å². The SMILES string of the molecule is Cc1cc(C#N)ccc1S(=O)(=O)N1CCNC(C)C1C.Cl. The molecule has 1 fully saturated rings. The van der Waals surface area contributed by atoms with Crippen LogP contribution in [0.25, 0.3) is 0 Å². The van der Waals surface area contributed by atoms with Gasteiger partial charge in [-0.15, -0.1) is 12.4 Å². The molecule has 7 heteroatoms. The largest absolute Gasteiger partial charge is 0.311 e. The van der Waals surface area contributed by atoms with Crippen molar-refractivity contribution >= 4 is 22.4 Å². The van der Waals surface area contributed by atoms with E-state index in [9.17, 15) is 8.42 Å². The predicted molar refractivity (Wildman–Crippen MR) is 84.0 cm³/mol. The first-order chi connectivity index (χ1) is 9.37. The van der Waals surface area contributed by atoms with E-state index in [1.54, 1.807) is 23.4 Å². The maximum absolute atomic E-state index is 12.8. The lowest BCUT2D eigenvalue weighted by atomic mass is 10.1. The van der Waals surface area contributed by atoms with Crippen LogP contribution in [-0.4, -0.2) is 37.9 Å². The summed E-state index contributed by atoms with van der Waals surface area (Å²) in [4.78, 5) is 0.289. The summed E-state index contributed by atoms with van der Waals surface area (Å²) in [5.41, 5.74) is 1.09. The summed E-state index contributed by atoms with van der Waals surface area (Å²) in [5, 5.41) is 12.1. The van der Waals surface area contributed by atoms with Gasteiger partial charge in [-0.2, -0.15) is 9.57 Å². The second-order valence-corrected chi connectivity index (χ2v) is 7.05. The maximum atomic E-state index is 12.8. The fraction of sp³-hybridized carbons (Fsp3) is 0.500. The molecule has 2 unspecified atom stereocenters. The van der Waals surface area contributed by atoms with Crippen LogP contribution in [0.4, 0.5) is 0 Å². The van der Waals surface area contributed by atoms with E-state index in [1.807, 2.05) is 19.9 Å². The summed E-state index contributed by atoms with van der Waals surface area (Å²) in [5.74, 6) is 0. The number of hydrogen-bond donors (Lipinski definition) is 1. The van der Waals surface area contributed by atoms with Gasteiger partial charge in [0.05, 0.1) is 16.5 Å². The summed E-state index contributed by atoms with van der Waals surface area (Å²) in [6, 6.07) is 6.75. The third-order valence-corrected chi connectivity index (χ3v) is 6.01. The van der Waals surface area contributed by atoms with Crippen molar-refractivity contribution in [1.82, 2.24) is 9.62 Å². The lowest BCUT2D eigenvalue weighted by Crippen LogP contribution is -2.57. The van der Waals surface area contributed by atoms with E-state index in [0.29, 0.717) is 24.2 Å². The minimum absolute atomic E-state index is 0. The molecule has 0 aliphatic carbocycles. The van der Waals surface area contributed by atoms with Crippen molar-refractivity contribution in [2.45, 2.75) is 37.8 Å². The topological polar surface area (TPSA) is 73.2 Å². The van der Waals surface area contributed by atoms with E-state index >= 15 is 0 Å². The number of aryl methyl sites for hydroxylation is 1. The van der Waals surface area contributed by atoms with Gasteiger partial charge in [0.2, 0.25) is 10.0 Å². The highest BCUT2D eigenvalue weighted by Gasteiger charge is 2.35. The van der Waals surface area contributed by atoms with Crippen molar-refractivity contribution in [3.8, 4) is 6.07 Å². The smallest absolute Gasteiger partial charge is 0.243 e. The molecule has 2 atom stereocenters. The van der Waals surface area contributed by atoms with Gasteiger partial charge in [-0.25, -0.2) is 8.42 Å². The zero-order valence-electron chi connectivity index (χ0n) is 12.3. The highest BCUT2D eigenvalue weighted by Crippen LogP contribution is 2.24. The molecule has 1 aliphatic rings. The first kappa shape index (κ1) is 17.9. The van der Waals surface area contributed by atoms with E-state index in [4.69, 9.17) is 5.26 Å². The van der Waals surface area contributed by atoms with Gasteiger partial charge in [0.1, 0.15) is 0 Å². The molecule has 1 aliphatic heterocycles. The molecule has 5 nitrogen and oxygen atoms in total. The Balaban J connectivity index is 0.00000220. The molecule has 0 amide bonds. The van der Waals surface area contributed by atoms with Crippen LogP contribution in [0.5, 0.6) is 0 Å². The zero-order chi connectivity index (χ0) is 14.9. The van der Waals surface area contributed by atoms with Crippen molar-refractivity contribution in [1.29, 1.82) is 5.26 Å². The highest BCUT2D eigenvalue weighted by atomic mass is 35.5. The van der Waals surface area contributed by atoms with Gasteiger partial charge in [-0.3, -0.25) is 0 Å². The minimum Gasteiger partial charge on any atom is -0.311 e. The van der Waals surface area contributed by atoms with Crippen LogP contribution in [0.1, 0.15) is 25.0 Å². The van der Waals surface area contributed by atoms with Crippen LogP contribution in [-0.2, 0) is 10.0 Å². The van der Waals surface area contributed by atoms with Crippen LogP contribution in [0.15, 0.2) is 23.1 Å². The van der Waals surface area contributed by atoms with Crippen molar-refractivity contribution in [3.05, 3.63) is 29.3 Å². The van der Waals surface area contributed by atoms with E-state index in [1.165, 1.54) is 6.07 Å². The van der Waals surface area contributed by atoms with E-state index in [2.05, 4.69) is 5.32 Å². The number of nitrogens with zero attached hydrogens (tertiary/aromatic N) is 2. The fourth-order valence-corrected chi connectivity index (χ4v) is 4.41. The van der Waals surface area contributed by atoms with E-state index in [0.717, 1.165) is 0 Å². The summed E-state index contributed by atoms with van der Waals surface area (Å²) in [6.07, 6.45) is 0. The molecule has 116 valence electrons. The number of halogens is 1. The second kappa shape index (κ2) is 6.75. The molecule has 1 heterocycles. The molecule has 0 radical (unpaired) electrons. The Kier molecular flexibility index (Phi) is 5.76. The van der Waals surface area contributed by atoms with Crippen molar-refractivity contribution in [2.24, 2.45) is 0 Å². The Morgan fingerprint density at radius 3 is 2.62 bits per heavy atom. The highest BCUT2D eigenvalue weighted by molar-refractivity contribution is 7.89. The molecule has 0 aromatic heterocycles. The van der Waals surface area contributed by atoms with E-state index in [-0.39, 0.29) is 29.4 Å². The Labute approximate surface area is 132 Å². The number of piperazine rings is 1. The average Bonchev–Trinajstić information content (AvgIpc) is 2.41. The maximum Gasteiger partial charge on any atom is 0.243 e. The van der Waals surface area contributed by atoms with Crippen molar-refractivity contribution in [2.75, 3.05) is 13.1 Å². The summed E-state index contributed by atoms with van der Waals surface area (Å²) in [7, 11) is -3.52. The van der Waals surface area contributed by atoms with Crippen LogP contribution in [0, 0.1) is 18.3 Å². The normalized spacial score (nSPS) is 23.1. The molecule has 1 aromatic carbocycles. The number of nitriles is 1. The van der Waals surface area contributed by atoms with Crippen molar-refractivity contribution in [3.63, 3.8) is 0 Å². The van der Waals surface area contributed by atoms with Gasteiger partial charge >= 0.3 is 0 Å². The van der Waals surface area contributed by atoms with Gasteiger partial charge in [-0.1, -0.05) is 0 Å². The molecule has 0 spiro atoms. The summed E-state index contributed by atoms with van der Waals surface area (Å²) >= 11 is 0. The molecule has 2 rings (SSSR count). The number of hydrogen-bond acceptors (Lipinski definition) is 4. The lowest BCUT2D eigenvalue weighted by molar-refractivity contribution is 0.233. The third kappa shape index (κ3) is 3.38. The van der Waals surface area contributed by atoms with Gasteiger partial charge in [0.25, 0.3) is 0 Å². The molecule has 1 aromatic rings. The summed E-state index contributed by atoms with van der Waals surface area (Å²) in [6.45, 7) is 6.74. The molecule has 0 saturated carbocycles. The first-order valence-corrected chi connectivity index (χ1v) is 8.08. The lowest BCUT2D eigenvalue weighted by Gasteiger charge is -2.37. The van der Waals surface area contributed by atoms with Gasteiger partial charge in [0.15, 0.2) is 0 Å². The second-order valence-electron chi connectivity index (χ2n) is 5.19. The van der Waals surface area contributed by atoms with Crippen LogP contribution in [0.3, 0.4) is 0 Å². The van der Waals surface area contributed by atoms with Crippen LogP contribution < -0.4 is 5.32 Å². The standard InChI is InChI=1S/C14H19N3O2S.ClH/c1-10-8-13(9-15)4-5-14(10)20(18,19)17-7-6-16-11(2)12(17)3;/h4-5,8,11-12,16H,6-7H2,1-3H3;1H. The predicted octanol–water partition coefficient (Wildman–Crippen LogP) is 1.66. The molecule has 1 saturated heterocycles. The molecule has 21 heavy (non-hydrogen) atoms. The molecule has 1 N–H and O–H groups in total. The van der Waals surface area contributed by atoms with E-state index < -0.39 is 10.0 Å². The Hall–Kier alpha value is -1.13. The molecule has 0 bridgehead atoms. The molecular formula is C14H20ClN3O2S. The number of benzene rings is 1. The van der Waals surface area contributed by atoms with Crippen LogP contribution >= 0.6 is 12.4 Å². The fourth-order valence-electron chi connectivity index (χ4n) is 2.50. The monoisotopic (exact) mass is 329 g/mol. The molecular weight excluding hydrogens is 310 g/mol. The number of nitrogens with one attached hydrogen (secondary N) is 1. The summed E-state index contributed by atoms with van der Waals surface area (Å²) < 4.78 is 27.1. The minimum atomic E-state index is -3.52. The number of rotatable bonds is 2. The number of sulfonamides is 1.